The highest BCUT2D eigenvalue weighted by Gasteiger charge is 2.20. The summed E-state index contributed by atoms with van der Waals surface area (Å²) in [5.74, 6) is -0.337. The second kappa shape index (κ2) is 6.86. The van der Waals surface area contributed by atoms with Crippen LogP contribution in [0.5, 0.6) is 0 Å². The maximum atomic E-state index is 11.8. The van der Waals surface area contributed by atoms with Crippen molar-refractivity contribution >= 4 is 39.6 Å². The van der Waals surface area contributed by atoms with E-state index in [1.165, 1.54) is 18.4 Å². The van der Waals surface area contributed by atoms with Crippen LogP contribution in [-0.4, -0.2) is 24.2 Å². The van der Waals surface area contributed by atoms with Crippen LogP contribution in [0, 0.1) is 13.8 Å². The Hall–Kier alpha value is -1.14. The fourth-order valence-corrected chi connectivity index (χ4v) is 2.95. The Morgan fingerprint density at radius 3 is 2.63 bits per heavy atom. The molecule has 0 amide bonds. The van der Waals surface area contributed by atoms with Crippen LogP contribution in [0.3, 0.4) is 0 Å². The first-order valence-corrected chi connectivity index (χ1v) is 7.38. The number of hydrogen-bond donors (Lipinski definition) is 2. The quantitative estimate of drug-likeness (QED) is 0.660. The van der Waals surface area contributed by atoms with E-state index in [2.05, 4.69) is 24.5 Å². The minimum Gasteiger partial charge on any atom is -0.465 e. The molecule has 1 unspecified atom stereocenters. The van der Waals surface area contributed by atoms with Crippen molar-refractivity contribution in [1.29, 1.82) is 0 Å². The number of carbonyl (C=O) groups is 1. The van der Waals surface area contributed by atoms with E-state index in [4.69, 9.17) is 17.0 Å². The van der Waals surface area contributed by atoms with Crippen LogP contribution >= 0.6 is 23.6 Å². The summed E-state index contributed by atoms with van der Waals surface area (Å²) in [6, 6.07) is 0.295. The average Bonchev–Trinajstić information content (AvgIpc) is 2.63. The van der Waals surface area contributed by atoms with Gasteiger partial charge in [-0.15, -0.1) is 11.3 Å². The van der Waals surface area contributed by atoms with Gasteiger partial charge in [0.1, 0.15) is 5.00 Å². The Labute approximate surface area is 123 Å². The third kappa shape index (κ3) is 3.91. The number of nitrogens with one attached hydrogen (secondary N) is 2. The number of hydrogen-bond acceptors (Lipinski definition) is 4. The number of aryl methyl sites for hydroxylation is 1. The second-order valence-electron chi connectivity index (χ2n) is 4.39. The lowest BCUT2D eigenvalue weighted by Crippen LogP contribution is -2.35. The normalized spacial score (nSPS) is 11.8. The molecule has 0 bridgehead atoms. The summed E-state index contributed by atoms with van der Waals surface area (Å²) in [6.07, 6.45) is 0.980. The first-order valence-electron chi connectivity index (χ1n) is 6.16. The lowest BCUT2D eigenvalue weighted by Gasteiger charge is -2.15. The highest BCUT2D eigenvalue weighted by Crippen LogP contribution is 2.32. The van der Waals surface area contributed by atoms with Crippen LogP contribution in [0.2, 0.25) is 0 Å². The zero-order chi connectivity index (χ0) is 14.6. The molecule has 4 nitrogen and oxygen atoms in total. The van der Waals surface area contributed by atoms with Gasteiger partial charge in [-0.1, -0.05) is 6.92 Å². The van der Waals surface area contributed by atoms with Gasteiger partial charge in [-0.25, -0.2) is 4.79 Å². The van der Waals surface area contributed by atoms with Gasteiger partial charge in [-0.2, -0.15) is 0 Å². The number of carbonyl (C=O) groups excluding carboxylic acids is 1. The molecule has 106 valence electrons. The fourth-order valence-electron chi connectivity index (χ4n) is 1.53. The summed E-state index contributed by atoms with van der Waals surface area (Å²) in [5, 5.41) is 7.52. The molecule has 6 heteroatoms. The van der Waals surface area contributed by atoms with Crippen LogP contribution < -0.4 is 10.6 Å². The van der Waals surface area contributed by atoms with Gasteiger partial charge in [0.2, 0.25) is 0 Å². The zero-order valence-corrected chi connectivity index (χ0v) is 13.6. The van der Waals surface area contributed by atoms with Crippen LogP contribution in [0.4, 0.5) is 5.00 Å². The van der Waals surface area contributed by atoms with Crippen LogP contribution in [0.1, 0.15) is 41.1 Å². The van der Waals surface area contributed by atoms with E-state index in [1.54, 1.807) is 0 Å². The van der Waals surface area contributed by atoms with Gasteiger partial charge < -0.3 is 15.4 Å². The number of thiocarbonyl (C=S) groups is 1. The fraction of sp³-hybridized carbons (Fsp3) is 0.538. The first-order chi connectivity index (χ1) is 8.90. The number of methoxy groups -OCH3 is 1. The van der Waals surface area contributed by atoms with Gasteiger partial charge in [0.05, 0.1) is 12.7 Å². The van der Waals surface area contributed by atoms with Crippen molar-refractivity contribution in [2.45, 2.75) is 40.2 Å². The van der Waals surface area contributed by atoms with E-state index in [1.807, 2.05) is 13.8 Å². The van der Waals surface area contributed by atoms with Crippen LogP contribution in [-0.2, 0) is 4.74 Å². The predicted octanol–water partition coefficient (Wildman–Crippen LogP) is 3.24. The number of rotatable bonds is 4. The third-order valence-electron chi connectivity index (χ3n) is 2.99. The molecule has 0 radical (unpaired) electrons. The van der Waals surface area contributed by atoms with Gasteiger partial charge in [-0.05, 0) is 45.0 Å². The lowest BCUT2D eigenvalue weighted by atomic mass is 10.1. The number of thiophene rings is 1. The lowest BCUT2D eigenvalue weighted by molar-refractivity contribution is 0.0601. The monoisotopic (exact) mass is 300 g/mol. The Kier molecular flexibility index (Phi) is 5.75. The highest BCUT2D eigenvalue weighted by molar-refractivity contribution is 7.80. The number of esters is 1. The van der Waals surface area contributed by atoms with E-state index in [0.717, 1.165) is 21.9 Å². The van der Waals surface area contributed by atoms with Crippen LogP contribution in [0.15, 0.2) is 0 Å². The molecule has 2 N–H and O–H groups in total. The van der Waals surface area contributed by atoms with Gasteiger partial charge >= 0.3 is 5.97 Å². The summed E-state index contributed by atoms with van der Waals surface area (Å²) in [7, 11) is 1.38. The molecule has 1 aromatic heterocycles. The van der Waals surface area contributed by atoms with E-state index in [9.17, 15) is 4.79 Å². The number of anilines is 1. The molecule has 0 aliphatic carbocycles. The Balaban J connectivity index is 2.92. The van der Waals surface area contributed by atoms with Gasteiger partial charge in [0, 0.05) is 10.9 Å². The van der Waals surface area contributed by atoms with Crippen molar-refractivity contribution in [3.8, 4) is 0 Å². The molecule has 1 heterocycles. The standard InChI is InChI=1S/C13H20N2O2S2/c1-6-7(2)14-13(18)15-11-10(12(16)17-5)8(3)9(4)19-11/h7H,6H2,1-5H3,(H2,14,15,18). The molecule has 0 aromatic carbocycles. The van der Waals surface area contributed by atoms with Crippen LogP contribution in [0.25, 0.3) is 0 Å². The maximum absolute atomic E-state index is 11.8. The van der Waals surface area contributed by atoms with Crippen molar-refractivity contribution < 1.29 is 9.53 Å². The van der Waals surface area contributed by atoms with Crippen molar-refractivity contribution in [1.82, 2.24) is 5.32 Å². The van der Waals surface area contributed by atoms with E-state index in [-0.39, 0.29) is 5.97 Å². The first kappa shape index (κ1) is 15.9. The molecule has 0 aliphatic rings. The highest BCUT2D eigenvalue weighted by atomic mass is 32.1. The van der Waals surface area contributed by atoms with Crippen molar-refractivity contribution in [2.75, 3.05) is 12.4 Å². The predicted molar refractivity (Wildman–Crippen MR) is 84.2 cm³/mol. The summed E-state index contributed by atoms with van der Waals surface area (Å²) in [6.45, 7) is 8.02. The molecule has 0 spiro atoms. The van der Waals surface area contributed by atoms with Gasteiger partial charge in [0.25, 0.3) is 0 Å². The zero-order valence-electron chi connectivity index (χ0n) is 11.9. The van der Waals surface area contributed by atoms with E-state index in [0.29, 0.717) is 16.7 Å². The second-order valence-corrected chi connectivity index (χ2v) is 6.02. The Morgan fingerprint density at radius 1 is 1.47 bits per heavy atom. The molecule has 19 heavy (non-hydrogen) atoms. The minimum atomic E-state index is -0.337. The smallest absolute Gasteiger partial charge is 0.341 e. The molecule has 1 rings (SSSR count). The summed E-state index contributed by atoms with van der Waals surface area (Å²) in [5.41, 5.74) is 1.50. The summed E-state index contributed by atoms with van der Waals surface area (Å²) in [4.78, 5) is 12.9. The number of ether oxygens (including phenoxy) is 1. The third-order valence-corrected chi connectivity index (χ3v) is 4.33. The topological polar surface area (TPSA) is 50.4 Å². The molecule has 0 aliphatic heterocycles. The maximum Gasteiger partial charge on any atom is 0.341 e. The summed E-state index contributed by atoms with van der Waals surface area (Å²) >= 11 is 6.75. The molecule has 0 saturated carbocycles. The summed E-state index contributed by atoms with van der Waals surface area (Å²) < 4.78 is 4.82. The van der Waals surface area contributed by atoms with Gasteiger partial charge in [0.15, 0.2) is 5.11 Å². The molecule has 0 fully saturated rings. The Morgan fingerprint density at radius 2 is 2.11 bits per heavy atom. The molecular weight excluding hydrogens is 280 g/mol. The largest absolute Gasteiger partial charge is 0.465 e. The van der Waals surface area contributed by atoms with Gasteiger partial charge in [-0.3, -0.25) is 0 Å². The molecule has 0 saturated heterocycles. The van der Waals surface area contributed by atoms with E-state index >= 15 is 0 Å². The molecular formula is C13H20N2O2S2. The molecule has 1 atom stereocenters. The molecule has 1 aromatic rings. The van der Waals surface area contributed by atoms with Crippen molar-refractivity contribution in [3.05, 3.63) is 16.0 Å². The SMILES string of the molecule is CCC(C)NC(=S)Nc1sc(C)c(C)c1C(=O)OC. The van der Waals surface area contributed by atoms with Crippen molar-refractivity contribution in [3.63, 3.8) is 0 Å². The van der Waals surface area contributed by atoms with E-state index < -0.39 is 0 Å². The Bertz CT molecular complexity index is 483. The van der Waals surface area contributed by atoms with Crippen molar-refractivity contribution in [2.24, 2.45) is 0 Å². The average molecular weight is 300 g/mol. The minimum absolute atomic E-state index is 0.295.